The van der Waals surface area contributed by atoms with E-state index in [1.807, 2.05) is 0 Å². The van der Waals surface area contributed by atoms with Gasteiger partial charge < -0.3 is 0 Å². The highest BCUT2D eigenvalue weighted by molar-refractivity contribution is 6.31. The van der Waals surface area contributed by atoms with Crippen molar-refractivity contribution < 1.29 is 4.92 Å². The van der Waals surface area contributed by atoms with Gasteiger partial charge in [0.15, 0.2) is 0 Å². The summed E-state index contributed by atoms with van der Waals surface area (Å²) in [5, 5.41) is 10.8. The summed E-state index contributed by atoms with van der Waals surface area (Å²) >= 11 is 5.69. The second-order valence-corrected chi connectivity index (χ2v) is 3.17. The molecule has 0 bridgehead atoms. The van der Waals surface area contributed by atoms with Crippen LogP contribution in [-0.2, 0) is 0 Å². The number of benzene rings is 1. The lowest BCUT2D eigenvalue weighted by molar-refractivity contribution is -0.384. The molecule has 1 rings (SSSR count). The highest BCUT2D eigenvalue weighted by Crippen LogP contribution is 2.24. The topological polar surface area (TPSA) is 43.1 Å². The van der Waals surface area contributed by atoms with Gasteiger partial charge in [-0.3, -0.25) is 10.1 Å². The number of hydrogen-bond acceptors (Lipinski definition) is 2. The molecule has 3 nitrogen and oxygen atoms in total. The third kappa shape index (κ3) is 2.29. The Morgan fingerprint density at radius 1 is 1.54 bits per heavy atom. The van der Waals surface area contributed by atoms with Crippen LogP contribution < -0.4 is 0 Å². The van der Waals surface area contributed by atoms with Crippen LogP contribution in [0, 0.1) is 10.1 Å². The SMILES string of the molecule is C=C(C)c1cc(Cl)cc([N+](=O)[O-])c1. The molecule has 0 aliphatic heterocycles. The van der Waals surface area contributed by atoms with Gasteiger partial charge >= 0.3 is 0 Å². The molecule has 0 aliphatic carbocycles. The summed E-state index contributed by atoms with van der Waals surface area (Å²) < 4.78 is 0. The maximum Gasteiger partial charge on any atom is 0.271 e. The summed E-state index contributed by atoms with van der Waals surface area (Å²) in [6, 6.07) is 4.42. The lowest BCUT2D eigenvalue weighted by Crippen LogP contribution is -1.89. The van der Waals surface area contributed by atoms with Crippen molar-refractivity contribution in [3.05, 3.63) is 45.5 Å². The van der Waals surface area contributed by atoms with Gasteiger partial charge in [0, 0.05) is 17.2 Å². The standard InChI is InChI=1S/C9H8ClNO2/c1-6(2)7-3-8(10)5-9(4-7)11(12)13/h3-5H,1H2,2H3. The molecule has 0 amide bonds. The zero-order chi connectivity index (χ0) is 10.0. The summed E-state index contributed by atoms with van der Waals surface area (Å²) in [6.45, 7) is 5.46. The fourth-order valence-electron chi connectivity index (χ4n) is 0.926. The molecule has 0 aromatic heterocycles. The van der Waals surface area contributed by atoms with Gasteiger partial charge in [0.2, 0.25) is 0 Å². The van der Waals surface area contributed by atoms with E-state index >= 15 is 0 Å². The summed E-state index contributed by atoms with van der Waals surface area (Å²) in [5.74, 6) is 0. The highest BCUT2D eigenvalue weighted by Gasteiger charge is 2.08. The van der Waals surface area contributed by atoms with E-state index in [0.29, 0.717) is 10.6 Å². The molecule has 0 spiro atoms. The molecule has 0 heterocycles. The average Bonchev–Trinajstić information content (AvgIpc) is 2.03. The van der Waals surface area contributed by atoms with Gasteiger partial charge in [-0.1, -0.05) is 23.8 Å². The van der Waals surface area contributed by atoms with Crippen LogP contribution in [0.5, 0.6) is 0 Å². The zero-order valence-electron chi connectivity index (χ0n) is 7.08. The number of nitro groups is 1. The van der Waals surface area contributed by atoms with Gasteiger partial charge in [-0.05, 0) is 18.6 Å². The number of rotatable bonds is 2. The maximum absolute atomic E-state index is 10.4. The maximum atomic E-state index is 10.4. The predicted molar refractivity (Wildman–Crippen MR) is 52.8 cm³/mol. The molecule has 0 radical (unpaired) electrons. The number of non-ortho nitro benzene ring substituents is 1. The summed E-state index contributed by atoms with van der Waals surface area (Å²) in [5.41, 5.74) is 1.44. The van der Waals surface area contributed by atoms with Crippen LogP contribution >= 0.6 is 11.6 Å². The first-order valence-corrected chi connectivity index (χ1v) is 3.99. The quantitative estimate of drug-likeness (QED) is 0.539. The summed E-state index contributed by atoms with van der Waals surface area (Å²) in [7, 11) is 0. The van der Waals surface area contributed by atoms with Gasteiger partial charge in [0.25, 0.3) is 5.69 Å². The Labute approximate surface area is 80.8 Å². The molecule has 68 valence electrons. The molecule has 4 heteroatoms. The van der Waals surface area contributed by atoms with Crippen LogP contribution in [0.1, 0.15) is 12.5 Å². The smallest absolute Gasteiger partial charge is 0.258 e. The van der Waals surface area contributed by atoms with Crippen molar-refractivity contribution in [3.8, 4) is 0 Å². The Balaban J connectivity index is 3.26. The fraction of sp³-hybridized carbons (Fsp3) is 0.111. The van der Waals surface area contributed by atoms with Gasteiger partial charge in [-0.2, -0.15) is 0 Å². The first-order chi connectivity index (χ1) is 6.00. The van der Waals surface area contributed by atoms with E-state index in [2.05, 4.69) is 6.58 Å². The number of halogens is 1. The molecule has 0 unspecified atom stereocenters. The minimum absolute atomic E-state index is 0.00880. The van der Waals surface area contributed by atoms with Crippen molar-refractivity contribution in [2.75, 3.05) is 0 Å². The number of allylic oxidation sites excluding steroid dienone is 1. The van der Waals surface area contributed by atoms with E-state index in [0.717, 1.165) is 5.57 Å². The minimum Gasteiger partial charge on any atom is -0.258 e. The van der Waals surface area contributed by atoms with Gasteiger partial charge in [0.1, 0.15) is 0 Å². The summed E-state index contributed by atoms with van der Waals surface area (Å²) in [6.07, 6.45) is 0. The lowest BCUT2D eigenvalue weighted by Gasteiger charge is -2.00. The summed E-state index contributed by atoms with van der Waals surface area (Å²) in [4.78, 5) is 9.97. The second-order valence-electron chi connectivity index (χ2n) is 2.74. The number of nitrogens with zero attached hydrogens (tertiary/aromatic N) is 1. The van der Waals surface area contributed by atoms with Crippen LogP contribution in [0.4, 0.5) is 5.69 Å². The molecular formula is C9H8ClNO2. The van der Waals surface area contributed by atoms with Crippen molar-refractivity contribution in [1.29, 1.82) is 0 Å². The Morgan fingerprint density at radius 3 is 2.62 bits per heavy atom. The van der Waals surface area contributed by atoms with Crippen LogP contribution in [0.2, 0.25) is 5.02 Å². The van der Waals surface area contributed by atoms with E-state index < -0.39 is 4.92 Å². The van der Waals surface area contributed by atoms with Crippen molar-refractivity contribution in [3.63, 3.8) is 0 Å². The van der Waals surface area contributed by atoms with Crippen LogP contribution in [0.3, 0.4) is 0 Å². The molecule has 0 saturated heterocycles. The van der Waals surface area contributed by atoms with Crippen molar-refractivity contribution >= 4 is 22.9 Å². The van der Waals surface area contributed by atoms with E-state index in [-0.39, 0.29) is 5.69 Å². The molecule has 0 saturated carbocycles. The van der Waals surface area contributed by atoms with Crippen LogP contribution in [0.15, 0.2) is 24.8 Å². The Bertz CT molecular complexity index is 342. The first kappa shape index (κ1) is 9.74. The van der Waals surface area contributed by atoms with Crippen LogP contribution in [-0.4, -0.2) is 4.92 Å². The van der Waals surface area contributed by atoms with Crippen LogP contribution in [0.25, 0.3) is 5.57 Å². The third-order valence-electron chi connectivity index (χ3n) is 1.59. The molecule has 1 aromatic carbocycles. The number of nitro benzene ring substituents is 1. The second kappa shape index (κ2) is 3.58. The normalized spacial score (nSPS) is 9.69. The molecule has 0 fully saturated rings. The van der Waals surface area contributed by atoms with Crippen molar-refractivity contribution in [2.24, 2.45) is 0 Å². The van der Waals surface area contributed by atoms with Gasteiger partial charge in [0.05, 0.1) is 4.92 Å². The Morgan fingerprint density at radius 2 is 2.15 bits per heavy atom. The zero-order valence-corrected chi connectivity index (χ0v) is 7.84. The minimum atomic E-state index is -0.474. The lowest BCUT2D eigenvalue weighted by atomic mass is 10.1. The average molecular weight is 198 g/mol. The van der Waals surface area contributed by atoms with Crippen molar-refractivity contribution in [1.82, 2.24) is 0 Å². The number of hydrogen-bond donors (Lipinski definition) is 0. The first-order valence-electron chi connectivity index (χ1n) is 3.61. The molecule has 0 atom stereocenters. The van der Waals surface area contributed by atoms with Gasteiger partial charge in [-0.15, -0.1) is 0 Å². The largest absolute Gasteiger partial charge is 0.271 e. The van der Waals surface area contributed by atoms with E-state index in [1.54, 1.807) is 13.0 Å². The third-order valence-corrected chi connectivity index (χ3v) is 1.80. The molecular weight excluding hydrogens is 190 g/mol. The molecule has 0 N–H and O–H groups in total. The monoisotopic (exact) mass is 197 g/mol. The van der Waals surface area contributed by atoms with Gasteiger partial charge in [-0.25, -0.2) is 0 Å². The highest BCUT2D eigenvalue weighted by atomic mass is 35.5. The van der Waals surface area contributed by atoms with Crippen molar-refractivity contribution in [2.45, 2.75) is 6.92 Å². The molecule has 0 aliphatic rings. The Kier molecular flexibility index (Phi) is 2.68. The molecule has 13 heavy (non-hydrogen) atoms. The Hall–Kier alpha value is -1.35. The van der Waals surface area contributed by atoms with E-state index in [9.17, 15) is 10.1 Å². The molecule has 1 aromatic rings. The van der Waals surface area contributed by atoms with E-state index in [1.165, 1.54) is 12.1 Å². The predicted octanol–water partition coefficient (Wildman–Crippen LogP) is 3.28. The fourth-order valence-corrected chi connectivity index (χ4v) is 1.16. The van der Waals surface area contributed by atoms with E-state index in [4.69, 9.17) is 11.6 Å².